The molecule has 9 heterocycles. The molecule has 0 unspecified atom stereocenters. The largest absolute Gasteiger partial charge is 0.513 e. The number of anilines is 4. The second-order valence-corrected chi connectivity index (χ2v) is 34.7. The number of nitrogens with one attached hydrogen (secondary N) is 3. The van der Waals surface area contributed by atoms with Crippen molar-refractivity contribution in [2.75, 3.05) is 102 Å². The lowest BCUT2D eigenvalue weighted by Crippen LogP contribution is -2.45. The number of aliphatic imine (C=N–C) groups is 3. The first-order chi connectivity index (χ1) is 54.7. The lowest BCUT2D eigenvalue weighted by Gasteiger charge is -2.36. The number of para-hydroxylation sites is 1. The van der Waals surface area contributed by atoms with Gasteiger partial charge in [0.25, 0.3) is 0 Å². The van der Waals surface area contributed by atoms with Gasteiger partial charge in [0.1, 0.15) is 17.5 Å². The molecular formula is C84H116BBr2F3N18O10Si. The van der Waals surface area contributed by atoms with Crippen LogP contribution in [0, 0.1) is 38.2 Å². The van der Waals surface area contributed by atoms with E-state index in [-0.39, 0.29) is 103 Å². The first-order valence-corrected chi connectivity index (χ1v) is 41.6. The van der Waals surface area contributed by atoms with Crippen LogP contribution < -0.4 is 53.6 Å². The fourth-order valence-electron chi connectivity index (χ4n) is 12.5. The van der Waals surface area contributed by atoms with Crippen LogP contribution in [0.2, 0.25) is 18.1 Å². The van der Waals surface area contributed by atoms with Crippen LogP contribution in [0.5, 0.6) is 11.8 Å². The van der Waals surface area contributed by atoms with Gasteiger partial charge >= 0.3 is 7.12 Å². The average molecular weight is 1790 g/mol. The van der Waals surface area contributed by atoms with Crippen molar-refractivity contribution in [3.05, 3.63) is 215 Å². The van der Waals surface area contributed by atoms with E-state index in [2.05, 4.69) is 139 Å². The van der Waals surface area contributed by atoms with Crippen LogP contribution >= 0.6 is 31.9 Å². The Bertz CT molecular complexity index is 4850. The van der Waals surface area contributed by atoms with Gasteiger partial charge in [0.05, 0.1) is 114 Å². The summed E-state index contributed by atoms with van der Waals surface area (Å²) in [5.41, 5.74) is 38.5. The zero-order valence-corrected chi connectivity index (χ0v) is 69.5. The van der Waals surface area contributed by atoms with Crippen LogP contribution in [0.15, 0.2) is 145 Å². The van der Waals surface area contributed by atoms with Crippen molar-refractivity contribution in [2.45, 2.75) is 153 Å². The van der Waals surface area contributed by atoms with Crippen molar-refractivity contribution in [1.29, 1.82) is 0 Å². The molecule has 4 aromatic carbocycles. The minimum atomic E-state index is -1.77. The zero-order chi connectivity index (χ0) is 81.6. The van der Waals surface area contributed by atoms with Crippen LogP contribution in [0.3, 0.4) is 0 Å². The molecule has 4 aliphatic heterocycles. The predicted molar refractivity (Wildman–Crippen MR) is 476 cm³/mol. The van der Waals surface area contributed by atoms with E-state index in [0.717, 1.165) is 70.0 Å². The van der Waals surface area contributed by atoms with E-state index in [1.165, 1.54) is 49.2 Å². The summed E-state index contributed by atoms with van der Waals surface area (Å²) in [5.74, 6) is 2.04. The van der Waals surface area contributed by atoms with E-state index in [4.69, 9.17) is 80.1 Å². The Morgan fingerprint density at radius 2 is 0.916 bits per heavy atom. The number of aryl methyl sites for hydroxylation is 3. The molecule has 644 valence electrons. The molecule has 4 aliphatic rings. The third-order valence-electron chi connectivity index (χ3n) is 19.1. The van der Waals surface area contributed by atoms with E-state index < -0.39 is 21.5 Å². The molecule has 0 saturated carbocycles. The minimum Gasteiger partial charge on any atom is -0.481 e. The lowest BCUT2D eigenvalue weighted by atomic mass is 9.83. The summed E-state index contributed by atoms with van der Waals surface area (Å²) < 4.78 is 70.8. The quantitative estimate of drug-likeness (QED) is 0.0177. The minimum absolute atomic E-state index is 0. The fourth-order valence-corrected chi connectivity index (χ4v) is 14.8. The number of amidine groups is 3. The Kier molecular flexibility index (Phi) is 39.8. The van der Waals surface area contributed by atoms with E-state index >= 15 is 0 Å². The highest BCUT2D eigenvalue weighted by Crippen LogP contribution is 2.40. The Labute approximate surface area is 716 Å². The van der Waals surface area contributed by atoms with Crippen LogP contribution in [-0.2, 0) is 47.5 Å². The average Bonchev–Trinajstić information content (AvgIpc) is 0.760. The van der Waals surface area contributed by atoms with E-state index in [1.807, 2.05) is 57.2 Å². The summed E-state index contributed by atoms with van der Waals surface area (Å²) in [6.45, 7) is 21.3. The van der Waals surface area contributed by atoms with Gasteiger partial charge in [-0.3, -0.25) is 29.5 Å². The van der Waals surface area contributed by atoms with Crippen LogP contribution in [0.1, 0.15) is 163 Å². The predicted octanol–water partition coefficient (Wildman–Crippen LogP) is 14.5. The number of methoxy groups -OCH3 is 2. The van der Waals surface area contributed by atoms with Crippen molar-refractivity contribution in [3.8, 4) is 23.0 Å². The molecule has 0 radical (unpaired) electrons. The second-order valence-electron chi connectivity index (χ2n) is 28.2. The molecule has 0 bridgehead atoms. The van der Waals surface area contributed by atoms with E-state index in [9.17, 15) is 13.2 Å². The third kappa shape index (κ3) is 27.2. The highest BCUT2D eigenvalue weighted by Gasteiger charge is 2.38. The number of ether oxygens (including phenoxy) is 2. The first kappa shape index (κ1) is 99.9. The molecule has 3 atom stereocenters. The molecule has 13 rings (SSSR count). The maximum absolute atomic E-state index is 14.3. The van der Waals surface area contributed by atoms with Gasteiger partial charge in [0.2, 0.25) is 29.6 Å². The van der Waals surface area contributed by atoms with Gasteiger partial charge in [0, 0.05) is 97.7 Å². The van der Waals surface area contributed by atoms with Gasteiger partial charge in [-0.15, -0.1) is 0 Å². The Hall–Kier alpha value is -9.66. The summed E-state index contributed by atoms with van der Waals surface area (Å²) in [6.07, 6.45) is 3.19. The summed E-state index contributed by atoms with van der Waals surface area (Å²) in [6, 6.07) is 33.9. The highest BCUT2D eigenvalue weighted by molar-refractivity contribution is 9.10. The molecule has 1 fully saturated rings. The molecule has 0 aliphatic carbocycles. The highest BCUT2D eigenvalue weighted by atomic mass is 79.9. The van der Waals surface area contributed by atoms with E-state index in [0.29, 0.717) is 144 Å². The number of aliphatic hydroxyl groups is 2. The van der Waals surface area contributed by atoms with Crippen LogP contribution in [0.25, 0.3) is 11.3 Å². The second kappa shape index (κ2) is 47.4. The number of fused-ring (bicyclic) bond motifs is 3. The zero-order valence-electron chi connectivity index (χ0n) is 65.3. The van der Waals surface area contributed by atoms with Crippen molar-refractivity contribution in [1.82, 2.24) is 56.3 Å². The number of hydrogen-bond donors (Lipinski definition) is 8. The number of aliphatic hydroxyl groups excluding tert-OH is 2. The number of aromatic nitrogens is 8. The molecule has 0 amide bonds. The van der Waals surface area contributed by atoms with Crippen LogP contribution in [0.4, 0.5) is 36.7 Å². The van der Waals surface area contributed by atoms with Gasteiger partial charge < -0.3 is 55.5 Å². The number of nitrogens with zero attached hydrogens (tertiary/aromatic N) is 12. The smallest absolute Gasteiger partial charge is 0.481 e. The number of nitrogens with two attached hydrogens (primary N) is 3. The number of benzene rings is 4. The summed E-state index contributed by atoms with van der Waals surface area (Å²) >= 11 is 6.85. The molecular weight excluding hydrogens is 1680 g/mol. The van der Waals surface area contributed by atoms with Crippen molar-refractivity contribution >= 4 is 93.9 Å². The Balaban J connectivity index is 0.000000282. The van der Waals surface area contributed by atoms with Gasteiger partial charge in [0.15, 0.2) is 25.8 Å². The maximum Gasteiger partial charge on any atom is 0.513 e. The normalized spacial score (nSPS) is 15.2. The number of pyridine rings is 2. The number of halogens is 5. The standard InChI is InChI=1S/C23H33BrFN5O2Si.C23H25FN6O3.C17H19BrFN5O2.C16H19BN2O3.5CH4/c1-14-20-19(29-22(26)27-14)13-18(16-9-8-15(25)12-17(16)24)28-21(20)30-31-10-7-11-32-33(5,6)23(2,3)4;1-13-21-19(29-23(25)26-13)12-18(28-22(21)30-33-10-4-9-31)15-8-7-14(24)11-16(15)17-5-3-6-20(27-17)32-2;1-9-15-14(23-17(20)21-9)8-13(11-4-3-10(19)7-12(11)18)22-16(15)24-26-6-2-5-25;1-20-16-9-5-8-15(18-16)17-21-12-10-19(11-13-22-17)14-6-3-2-4-7-14;;;;;/h8-9,12,18H,7,10-11,13H2,1-6H3,(H,28,30)(H2,26,27,29);3,5-8,11,18,31H,4,9-10,12H2,1-2H3,(H,28,30)(H2,25,26,29);3-4,7,13,25H,2,5-6,8H2,1H3,(H,22,24)(H2,20,21,23);2-9H,10-13H2,1H3;5*1H4/t2*18-;13-;;;;;;/m111....../s1. The Morgan fingerprint density at radius 1 is 0.513 bits per heavy atom. The van der Waals surface area contributed by atoms with E-state index in [1.54, 1.807) is 43.5 Å². The van der Waals surface area contributed by atoms with Gasteiger partial charge in [-0.25, -0.2) is 69.5 Å². The molecule has 0 spiro atoms. The summed E-state index contributed by atoms with van der Waals surface area (Å²) in [7, 11) is 0.921. The summed E-state index contributed by atoms with van der Waals surface area (Å²) in [4.78, 5) is 68.1. The number of rotatable bonds is 22. The van der Waals surface area contributed by atoms with Crippen LogP contribution in [-0.4, -0.2) is 163 Å². The molecule has 11 N–H and O–H groups in total. The number of hydrogen-bond acceptors (Lipinski definition) is 28. The monoisotopic (exact) mass is 1790 g/mol. The SMILES string of the molecule is C.C.C.C.C.COc1cccc(-c2cc(F)ccc2[C@H]2Cc3nc(N)nc(C)c3C(NOCCCO)=N2)n1.COc1cccc(B2OCCN(c3ccccc3)CCO2)n1.Cc1nc(N)nc2c1C(NOCCCO)=N[C@@H](c1ccc(F)cc1Br)C2.Cc1nc(N)nc2c1C(NOCCCO[Si](C)(C)C(C)(C)C)=N[C@@H](c1ccc(F)cc1Br)C2. The molecule has 5 aromatic heterocycles. The van der Waals surface area contributed by atoms with Gasteiger partial charge in [-0.05, 0) is 136 Å². The summed E-state index contributed by atoms with van der Waals surface area (Å²) in [5, 5.41) is 18.1. The number of nitrogen functional groups attached to an aromatic ring is 3. The molecule has 28 nitrogen and oxygen atoms in total. The number of hydroxylamine groups is 3. The Morgan fingerprint density at radius 3 is 1.34 bits per heavy atom. The van der Waals surface area contributed by atoms with Crippen molar-refractivity contribution in [2.24, 2.45) is 15.0 Å². The molecule has 119 heavy (non-hydrogen) atoms. The molecule has 35 heteroatoms. The van der Waals surface area contributed by atoms with Crippen molar-refractivity contribution in [3.63, 3.8) is 0 Å². The molecule has 9 aromatic rings. The van der Waals surface area contributed by atoms with Crippen molar-refractivity contribution < 1.29 is 61.1 Å². The molecule has 1 saturated heterocycles. The first-order valence-electron chi connectivity index (χ1n) is 37.1. The lowest BCUT2D eigenvalue weighted by molar-refractivity contribution is 0.0720. The van der Waals surface area contributed by atoms with Gasteiger partial charge in [-0.2, -0.15) is 0 Å². The third-order valence-corrected chi connectivity index (χ3v) is 25.0. The van der Waals surface area contributed by atoms with Gasteiger partial charge in [-0.1, -0.05) is 138 Å². The fraction of sp³-hybridized carbons (Fsp3) is 0.417. The topological polar surface area (TPSA) is 372 Å². The maximum atomic E-state index is 14.3.